The summed E-state index contributed by atoms with van der Waals surface area (Å²) >= 11 is 0. The van der Waals surface area contributed by atoms with Gasteiger partial charge in [-0.05, 0) is 19.8 Å². The molecule has 0 saturated carbocycles. The van der Waals surface area contributed by atoms with E-state index < -0.39 is 6.10 Å². The number of likely N-dealkylation sites (tertiary alicyclic amines) is 1. The Morgan fingerprint density at radius 2 is 2.53 bits per heavy atom. The van der Waals surface area contributed by atoms with Crippen LogP contribution in [-0.2, 0) is 16.6 Å². The molecule has 0 aromatic carbocycles. The molecule has 2 atom stereocenters. The summed E-state index contributed by atoms with van der Waals surface area (Å²) in [7, 11) is 1.89. The molecular formula is C14H21N3O2. The molecule has 1 aliphatic heterocycles. The smallest absolute Gasteiger partial charge is 0.251 e. The number of hydrogen-bond donors (Lipinski definition) is 0. The standard InChI is InChI=1S/C14H21N3O2/c1-4-8-19-11(2)14(18)17-7-5-6-13(17)12-9-15-16(3)10-12/h4,9-11,13H,1,5-8H2,2-3H3/t11-,13+/m0/s1. The minimum absolute atomic E-state index is 0.0493. The van der Waals surface area contributed by atoms with Crippen molar-refractivity contribution in [2.45, 2.75) is 31.9 Å². The minimum atomic E-state index is -0.421. The van der Waals surface area contributed by atoms with E-state index in [1.165, 1.54) is 0 Å². The molecule has 19 heavy (non-hydrogen) atoms. The third kappa shape index (κ3) is 3.04. The van der Waals surface area contributed by atoms with Crippen LogP contribution in [0.3, 0.4) is 0 Å². The van der Waals surface area contributed by atoms with Crippen LogP contribution < -0.4 is 0 Å². The van der Waals surface area contributed by atoms with Crippen molar-refractivity contribution in [1.82, 2.24) is 14.7 Å². The summed E-state index contributed by atoms with van der Waals surface area (Å²) in [5, 5.41) is 4.18. The molecule has 1 amide bonds. The predicted octanol–water partition coefficient (Wildman–Crippen LogP) is 1.67. The zero-order valence-corrected chi connectivity index (χ0v) is 11.6. The van der Waals surface area contributed by atoms with Gasteiger partial charge in [0.2, 0.25) is 0 Å². The maximum absolute atomic E-state index is 12.4. The molecule has 0 radical (unpaired) electrons. The van der Waals surface area contributed by atoms with E-state index in [9.17, 15) is 4.79 Å². The van der Waals surface area contributed by atoms with Crippen LogP contribution >= 0.6 is 0 Å². The van der Waals surface area contributed by atoms with E-state index in [1.54, 1.807) is 17.7 Å². The third-order valence-electron chi connectivity index (χ3n) is 3.46. The second kappa shape index (κ2) is 6.02. The molecule has 104 valence electrons. The molecular weight excluding hydrogens is 242 g/mol. The van der Waals surface area contributed by atoms with Gasteiger partial charge in [0.15, 0.2) is 0 Å². The number of rotatable bonds is 5. The van der Waals surface area contributed by atoms with E-state index >= 15 is 0 Å². The molecule has 1 aromatic rings. The zero-order chi connectivity index (χ0) is 13.8. The Labute approximate surface area is 113 Å². The Hall–Kier alpha value is -1.62. The average molecular weight is 263 g/mol. The topological polar surface area (TPSA) is 47.4 Å². The Bertz CT molecular complexity index is 455. The summed E-state index contributed by atoms with van der Waals surface area (Å²) in [5.74, 6) is 0.0493. The lowest BCUT2D eigenvalue weighted by atomic mass is 10.1. The van der Waals surface area contributed by atoms with Gasteiger partial charge < -0.3 is 9.64 Å². The fourth-order valence-corrected chi connectivity index (χ4v) is 2.51. The average Bonchev–Trinajstić information content (AvgIpc) is 3.03. The van der Waals surface area contributed by atoms with Crippen molar-refractivity contribution in [3.05, 3.63) is 30.6 Å². The Morgan fingerprint density at radius 3 is 3.16 bits per heavy atom. The van der Waals surface area contributed by atoms with Crippen LogP contribution in [-0.4, -0.2) is 39.8 Å². The van der Waals surface area contributed by atoms with Crippen molar-refractivity contribution in [3.8, 4) is 0 Å². The van der Waals surface area contributed by atoms with Crippen molar-refractivity contribution in [1.29, 1.82) is 0 Å². The number of hydrogen-bond acceptors (Lipinski definition) is 3. The molecule has 5 heteroatoms. The molecule has 0 unspecified atom stereocenters. The number of ether oxygens (including phenoxy) is 1. The first-order valence-electron chi connectivity index (χ1n) is 6.65. The largest absolute Gasteiger partial charge is 0.365 e. The maximum atomic E-state index is 12.4. The van der Waals surface area contributed by atoms with Crippen LogP contribution in [0.4, 0.5) is 0 Å². The second-order valence-electron chi connectivity index (χ2n) is 4.90. The van der Waals surface area contributed by atoms with E-state index in [0.717, 1.165) is 24.9 Å². The molecule has 1 aliphatic rings. The quantitative estimate of drug-likeness (QED) is 0.759. The summed E-state index contributed by atoms with van der Waals surface area (Å²) in [6.45, 7) is 6.58. The number of carbonyl (C=O) groups is 1. The molecule has 0 N–H and O–H groups in total. The highest BCUT2D eigenvalue weighted by atomic mass is 16.5. The first kappa shape index (κ1) is 13.8. The summed E-state index contributed by atoms with van der Waals surface area (Å²) < 4.78 is 7.20. The van der Waals surface area contributed by atoms with E-state index in [4.69, 9.17) is 4.74 Å². The lowest BCUT2D eigenvalue weighted by Crippen LogP contribution is -2.38. The predicted molar refractivity (Wildman–Crippen MR) is 72.5 cm³/mol. The highest BCUT2D eigenvalue weighted by molar-refractivity contribution is 5.81. The lowest BCUT2D eigenvalue weighted by molar-refractivity contribution is -0.142. The van der Waals surface area contributed by atoms with Gasteiger partial charge in [0, 0.05) is 25.4 Å². The Kier molecular flexibility index (Phi) is 4.37. The van der Waals surface area contributed by atoms with Crippen LogP contribution in [0.2, 0.25) is 0 Å². The summed E-state index contributed by atoms with van der Waals surface area (Å²) in [4.78, 5) is 14.3. The van der Waals surface area contributed by atoms with Gasteiger partial charge in [-0.2, -0.15) is 5.10 Å². The van der Waals surface area contributed by atoms with Crippen molar-refractivity contribution in [2.24, 2.45) is 7.05 Å². The van der Waals surface area contributed by atoms with Crippen molar-refractivity contribution < 1.29 is 9.53 Å². The van der Waals surface area contributed by atoms with Crippen LogP contribution in [0.25, 0.3) is 0 Å². The van der Waals surface area contributed by atoms with Gasteiger partial charge >= 0.3 is 0 Å². The van der Waals surface area contributed by atoms with Crippen LogP contribution in [0.15, 0.2) is 25.0 Å². The molecule has 0 bridgehead atoms. The normalized spacial score (nSPS) is 20.5. The van der Waals surface area contributed by atoms with E-state index in [2.05, 4.69) is 11.7 Å². The lowest BCUT2D eigenvalue weighted by Gasteiger charge is -2.26. The van der Waals surface area contributed by atoms with Gasteiger partial charge in [-0.1, -0.05) is 6.08 Å². The van der Waals surface area contributed by atoms with Gasteiger partial charge in [-0.25, -0.2) is 0 Å². The van der Waals surface area contributed by atoms with Gasteiger partial charge in [-0.3, -0.25) is 9.48 Å². The molecule has 1 aromatic heterocycles. The molecule has 2 rings (SSSR count). The number of aryl methyl sites for hydroxylation is 1. The minimum Gasteiger partial charge on any atom is -0.365 e. The van der Waals surface area contributed by atoms with Gasteiger partial charge in [0.1, 0.15) is 6.10 Å². The van der Waals surface area contributed by atoms with Gasteiger partial charge in [-0.15, -0.1) is 6.58 Å². The van der Waals surface area contributed by atoms with Gasteiger partial charge in [0.25, 0.3) is 5.91 Å². The fraction of sp³-hybridized carbons (Fsp3) is 0.571. The van der Waals surface area contributed by atoms with Crippen molar-refractivity contribution >= 4 is 5.91 Å². The summed E-state index contributed by atoms with van der Waals surface area (Å²) in [5.41, 5.74) is 1.10. The zero-order valence-electron chi connectivity index (χ0n) is 11.6. The first-order valence-corrected chi connectivity index (χ1v) is 6.65. The first-order chi connectivity index (χ1) is 9.13. The molecule has 0 spiro atoms. The molecule has 1 saturated heterocycles. The summed E-state index contributed by atoms with van der Waals surface area (Å²) in [6.07, 6.45) is 7.07. The van der Waals surface area contributed by atoms with E-state index in [0.29, 0.717) is 6.61 Å². The highest BCUT2D eigenvalue weighted by Crippen LogP contribution is 2.32. The van der Waals surface area contributed by atoms with Crippen LogP contribution in [0.1, 0.15) is 31.4 Å². The second-order valence-corrected chi connectivity index (χ2v) is 4.90. The van der Waals surface area contributed by atoms with Crippen LogP contribution in [0.5, 0.6) is 0 Å². The molecule has 2 heterocycles. The highest BCUT2D eigenvalue weighted by Gasteiger charge is 2.33. The Balaban J connectivity index is 2.06. The molecule has 0 aliphatic carbocycles. The molecule has 1 fully saturated rings. The fourth-order valence-electron chi connectivity index (χ4n) is 2.51. The monoisotopic (exact) mass is 263 g/mol. The number of aromatic nitrogens is 2. The maximum Gasteiger partial charge on any atom is 0.251 e. The molecule has 5 nitrogen and oxygen atoms in total. The number of amides is 1. The van der Waals surface area contributed by atoms with E-state index in [-0.39, 0.29) is 11.9 Å². The number of carbonyl (C=O) groups excluding carboxylic acids is 1. The Morgan fingerprint density at radius 1 is 1.74 bits per heavy atom. The SMILES string of the molecule is C=CCO[C@@H](C)C(=O)N1CCC[C@@H]1c1cnn(C)c1. The van der Waals surface area contributed by atoms with Crippen molar-refractivity contribution in [2.75, 3.05) is 13.2 Å². The number of nitrogens with zero attached hydrogens (tertiary/aromatic N) is 3. The summed E-state index contributed by atoms with van der Waals surface area (Å²) in [6, 6.07) is 0.135. The van der Waals surface area contributed by atoms with E-state index in [1.807, 2.05) is 24.3 Å². The van der Waals surface area contributed by atoms with Crippen LogP contribution in [0, 0.1) is 0 Å². The third-order valence-corrected chi connectivity index (χ3v) is 3.46. The van der Waals surface area contributed by atoms with Crippen molar-refractivity contribution in [3.63, 3.8) is 0 Å². The van der Waals surface area contributed by atoms with Gasteiger partial charge in [0.05, 0.1) is 18.8 Å².